The number of rotatable bonds is 4. The fourth-order valence-corrected chi connectivity index (χ4v) is 1.25. The van der Waals surface area contributed by atoms with E-state index < -0.39 is 46.4 Å². The number of aromatic amines is 1. The van der Waals surface area contributed by atoms with E-state index in [9.17, 15) is 19.2 Å². The van der Waals surface area contributed by atoms with Gasteiger partial charge in [-0.25, -0.2) is 19.2 Å². The Morgan fingerprint density at radius 1 is 0.647 bits per heavy atom. The van der Waals surface area contributed by atoms with Crippen molar-refractivity contribution in [3.63, 3.8) is 0 Å². The maximum atomic E-state index is 10.7. The van der Waals surface area contributed by atoms with E-state index in [-0.39, 0.29) is 0 Å². The van der Waals surface area contributed by atoms with Gasteiger partial charge in [-0.2, -0.15) is 0 Å². The normalized spacial score (nSPS) is 9.88. The molecule has 0 fully saturated rings. The average molecular weight is 243 g/mol. The number of hydrogen-bond acceptors (Lipinski definition) is 4. The van der Waals surface area contributed by atoms with Crippen molar-refractivity contribution in [2.45, 2.75) is 0 Å². The minimum absolute atomic E-state index is 0.993. The van der Waals surface area contributed by atoms with Gasteiger partial charge in [-0.1, -0.05) is 0 Å². The fourth-order valence-electron chi connectivity index (χ4n) is 1.25. The molecular formula is C8H5NO8. The number of carboxylic acids is 4. The van der Waals surface area contributed by atoms with E-state index in [1.807, 2.05) is 0 Å². The summed E-state index contributed by atoms with van der Waals surface area (Å²) in [6, 6.07) is 0. The number of nitrogens with one attached hydrogen (secondary N) is 1. The summed E-state index contributed by atoms with van der Waals surface area (Å²) in [5, 5.41) is 34.7. The largest absolute Gasteiger partial charge is 0.478 e. The molecule has 1 aromatic rings. The molecule has 5 N–H and O–H groups in total. The fraction of sp³-hybridized carbons (Fsp3) is 0. The van der Waals surface area contributed by atoms with Gasteiger partial charge in [-0.05, 0) is 0 Å². The molecule has 9 heteroatoms. The molecule has 0 radical (unpaired) electrons. The van der Waals surface area contributed by atoms with Crippen LogP contribution in [0.1, 0.15) is 41.7 Å². The van der Waals surface area contributed by atoms with Gasteiger partial charge in [0.05, 0.1) is 0 Å². The van der Waals surface area contributed by atoms with Crippen LogP contribution >= 0.6 is 0 Å². The molecule has 0 saturated carbocycles. The molecule has 0 aromatic carbocycles. The molecule has 17 heavy (non-hydrogen) atoms. The van der Waals surface area contributed by atoms with Crippen molar-refractivity contribution in [1.82, 2.24) is 4.98 Å². The van der Waals surface area contributed by atoms with Crippen LogP contribution in [0.2, 0.25) is 0 Å². The summed E-state index contributed by atoms with van der Waals surface area (Å²) in [5.74, 6) is -7.22. The zero-order chi connectivity index (χ0) is 13.3. The molecule has 0 atom stereocenters. The highest BCUT2D eigenvalue weighted by Gasteiger charge is 2.33. The molecule has 1 heterocycles. The molecule has 0 unspecified atom stereocenters. The Balaban J connectivity index is 3.73. The molecule has 1 aromatic heterocycles. The van der Waals surface area contributed by atoms with Crippen molar-refractivity contribution < 1.29 is 39.6 Å². The lowest BCUT2D eigenvalue weighted by atomic mass is 10.1. The third kappa shape index (κ3) is 1.93. The summed E-state index contributed by atoms with van der Waals surface area (Å²) < 4.78 is 0. The van der Waals surface area contributed by atoms with Gasteiger partial charge in [0.1, 0.15) is 22.5 Å². The van der Waals surface area contributed by atoms with Gasteiger partial charge in [-0.3, -0.25) is 0 Å². The number of aromatic carboxylic acids is 4. The van der Waals surface area contributed by atoms with Crippen LogP contribution in [0, 0.1) is 0 Å². The molecule has 0 aliphatic heterocycles. The monoisotopic (exact) mass is 243 g/mol. The smallest absolute Gasteiger partial charge is 0.353 e. The number of carbonyl (C=O) groups is 4. The van der Waals surface area contributed by atoms with E-state index in [0.717, 1.165) is 0 Å². The van der Waals surface area contributed by atoms with Crippen LogP contribution in [0.5, 0.6) is 0 Å². The first-order valence-corrected chi connectivity index (χ1v) is 3.96. The lowest BCUT2D eigenvalue weighted by Gasteiger charge is -1.96. The van der Waals surface area contributed by atoms with Crippen molar-refractivity contribution in [2.24, 2.45) is 0 Å². The molecule has 0 aliphatic rings. The third-order valence-corrected chi connectivity index (χ3v) is 1.86. The molecule has 0 amide bonds. The second-order valence-electron chi connectivity index (χ2n) is 2.85. The molecule has 9 nitrogen and oxygen atoms in total. The van der Waals surface area contributed by atoms with Gasteiger partial charge in [-0.15, -0.1) is 0 Å². The Morgan fingerprint density at radius 3 is 1.12 bits per heavy atom. The van der Waals surface area contributed by atoms with Crippen molar-refractivity contribution in [3.05, 3.63) is 22.5 Å². The van der Waals surface area contributed by atoms with Crippen molar-refractivity contribution in [1.29, 1.82) is 0 Å². The Kier molecular flexibility index (Phi) is 2.85. The lowest BCUT2D eigenvalue weighted by molar-refractivity contribution is 0.0628. The molecule has 0 aliphatic carbocycles. The molecule has 0 saturated heterocycles. The van der Waals surface area contributed by atoms with Crippen LogP contribution in [0.15, 0.2) is 0 Å². The van der Waals surface area contributed by atoms with E-state index in [1.54, 1.807) is 4.98 Å². The van der Waals surface area contributed by atoms with E-state index >= 15 is 0 Å². The van der Waals surface area contributed by atoms with Crippen molar-refractivity contribution in [2.75, 3.05) is 0 Å². The van der Waals surface area contributed by atoms with Crippen molar-refractivity contribution >= 4 is 23.9 Å². The van der Waals surface area contributed by atoms with Crippen LogP contribution in [0.4, 0.5) is 0 Å². The van der Waals surface area contributed by atoms with Gasteiger partial charge in [0, 0.05) is 0 Å². The van der Waals surface area contributed by atoms with Crippen LogP contribution < -0.4 is 0 Å². The number of carboxylic acid groups (broad SMARTS) is 4. The minimum Gasteiger partial charge on any atom is -0.478 e. The highest BCUT2D eigenvalue weighted by Crippen LogP contribution is 2.20. The first-order chi connectivity index (χ1) is 7.77. The predicted molar refractivity (Wildman–Crippen MR) is 48.6 cm³/mol. The summed E-state index contributed by atoms with van der Waals surface area (Å²) in [7, 11) is 0. The lowest BCUT2D eigenvalue weighted by Crippen LogP contribution is -2.12. The third-order valence-electron chi connectivity index (χ3n) is 1.86. The topological polar surface area (TPSA) is 165 Å². The summed E-state index contributed by atoms with van der Waals surface area (Å²) >= 11 is 0. The molecular weight excluding hydrogens is 238 g/mol. The first-order valence-electron chi connectivity index (χ1n) is 3.96. The standard InChI is InChI=1S/C8H5NO8/c10-5(11)1-2(6(12)13)4(8(16)17)9-3(1)7(14)15/h9H,(H,10,11)(H,12,13)(H,14,15)(H,16,17). The van der Waals surface area contributed by atoms with Crippen LogP contribution in [-0.2, 0) is 0 Å². The molecule has 0 bridgehead atoms. The zero-order valence-corrected chi connectivity index (χ0v) is 7.92. The van der Waals surface area contributed by atoms with Crippen LogP contribution in [-0.4, -0.2) is 49.3 Å². The number of aromatic nitrogens is 1. The Morgan fingerprint density at radius 2 is 0.941 bits per heavy atom. The van der Waals surface area contributed by atoms with E-state index in [0.29, 0.717) is 0 Å². The Labute approximate surface area is 91.9 Å². The summed E-state index contributed by atoms with van der Waals surface area (Å²) in [4.78, 5) is 44.6. The zero-order valence-electron chi connectivity index (χ0n) is 7.92. The molecule has 90 valence electrons. The van der Waals surface area contributed by atoms with Gasteiger partial charge in [0.25, 0.3) is 0 Å². The van der Waals surface area contributed by atoms with Crippen molar-refractivity contribution in [3.8, 4) is 0 Å². The van der Waals surface area contributed by atoms with Crippen LogP contribution in [0.25, 0.3) is 0 Å². The van der Waals surface area contributed by atoms with Gasteiger partial charge < -0.3 is 25.4 Å². The molecule has 1 rings (SSSR count). The maximum Gasteiger partial charge on any atom is 0.353 e. The average Bonchev–Trinajstić information content (AvgIpc) is 2.56. The maximum absolute atomic E-state index is 10.7. The minimum atomic E-state index is -1.84. The van der Waals surface area contributed by atoms with Gasteiger partial charge in [0.2, 0.25) is 0 Å². The van der Waals surface area contributed by atoms with E-state index in [1.165, 1.54) is 0 Å². The Hall–Kier alpha value is -2.84. The number of H-pyrrole nitrogens is 1. The van der Waals surface area contributed by atoms with Crippen LogP contribution in [0.3, 0.4) is 0 Å². The highest BCUT2D eigenvalue weighted by atomic mass is 16.4. The predicted octanol–water partition coefficient (Wildman–Crippen LogP) is -0.193. The van der Waals surface area contributed by atoms with Gasteiger partial charge in [0.15, 0.2) is 0 Å². The highest BCUT2D eigenvalue weighted by molar-refractivity contribution is 6.13. The second-order valence-corrected chi connectivity index (χ2v) is 2.85. The quantitative estimate of drug-likeness (QED) is 0.485. The Bertz CT molecular complexity index is 493. The van der Waals surface area contributed by atoms with E-state index in [2.05, 4.69) is 0 Å². The molecule has 0 spiro atoms. The first kappa shape index (κ1) is 12.2. The number of hydrogen-bond donors (Lipinski definition) is 5. The SMILES string of the molecule is O=C(O)c1[nH]c(C(=O)O)c(C(=O)O)c1C(=O)O. The summed E-state index contributed by atoms with van der Waals surface area (Å²) in [5.41, 5.74) is -4.18. The van der Waals surface area contributed by atoms with Gasteiger partial charge >= 0.3 is 23.9 Å². The summed E-state index contributed by atoms with van der Waals surface area (Å²) in [6.07, 6.45) is 0. The second kappa shape index (κ2) is 3.96. The summed E-state index contributed by atoms with van der Waals surface area (Å²) in [6.45, 7) is 0. The van der Waals surface area contributed by atoms with E-state index in [4.69, 9.17) is 20.4 Å².